The summed E-state index contributed by atoms with van der Waals surface area (Å²) in [4.78, 5) is 0. The van der Waals surface area contributed by atoms with Gasteiger partial charge in [0.05, 0.1) is 10.6 Å². The van der Waals surface area contributed by atoms with E-state index in [4.69, 9.17) is 4.74 Å². The van der Waals surface area contributed by atoms with Gasteiger partial charge in [-0.05, 0) is 76.7 Å². The molecule has 1 atom stereocenters. The van der Waals surface area contributed by atoms with Crippen LogP contribution >= 0.6 is 15.9 Å². The van der Waals surface area contributed by atoms with E-state index in [9.17, 15) is 5.11 Å². The molecule has 0 unspecified atom stereocenters. The van der Waals surface area contributed by atoms with Crippen molar-refractivity contribution >= 4 is 15.9 Å². The third-order valence-electron chi connectivity index (χ3n) is 3.53. The third-order valence-corrected chi connectivity index (χ3v) is 4.15. The predicted molar refractivity (Wildman–Crippen MR) is 90.1 cm³/mol. The van der Waals surface area contributed by atoms with E-state index in [0.29, 0.717) is 5.92 Å². The van der Waals surface area contributed by atoms with Gasteiger partial charge in [-0.3, -0.25) is 0 Å². The molecule has 2 rings (SSSR count). The number of aliphatic hydroxyl groups excluding tert-OH is 1. The molecule has 2 aromatic rings. The van der Waals surface area contributed by atoms with Crippen molar-refractivity contribution in [2.75, 3.05) is 0 Å². The van der Waals surface area contributed by atoms with Crippen LogP contribution in [0.5, 0.6) is 11.5 Å². The van der Waals surface area contributed by atoms with Crippen molar-refractivity contribution in [1.82, 2.24) is 0 Å². The second-order valence-electron chi connectivity index (χ2n) is 5.64. The van der Waals surface area contributed by atoms with Crippen LogP contribution in [-0.4, -0.2) is 5.11 Å². The number of aliphatic hydroxyl groups is 1. The molecule has 2 aromatic carbocycles. The first-order chi connectivity index (χ1) is 9.88. The number of hydrogen-bond donors (Lipinski definition) is 1. The summed E-state index contributed by atoms with van der Waals surface area (Å²) in [6.07, 6.45) is -0.483. The first-order valence-electron chi connectivity index (χ1n) is 7.14. The predicted octanol–water partition coefficient (Wildman–Crippen LogP) is 5.73. The number of hydrogen-bond acceptors (Lipinski definition) is 2. The van der Waals surface area contributed by atoms with Gasteiger partial charge in [0.25, 0.3) is 0 Å². The second-order valence-corrected chi connectivity index (χ2v) is 6.50. The Bertz CT molecular complexity index is 633. The first-order valence-corrected chi connectivity index (χ1v) is 7.93. The normalized spacial score (nSPS) is 12.5. The highest BCUT2D eigenvalue weighted by molar-refractivity contribution is 9.10. The van der Waals surface area contributed by atoms with Crippen LogP contribution in [0.25, 0.3) is 0 Å². The van der Waals surface area contributed by atoms with Crippen molar-refractivity contribution < 1.29 is 9.84 Å². The van der Waals surface area contributed by atoms with Crippen LogP contribution in [0.4, 0.5) is 0 Å². The molecule has 21 heavy (non-hydrogen) atoms. The van der Waals surface area contributed by atoms with Gasteiger partial charge in [-0.2, -0.15) is 0 Å². The van der Waals surface area contributed by atoms with Crippen LogP contribution in [0.3, 0.4) is 0 Å². The minimum absolute atomic E-state index is 0.483. The van der Waals surface area contributed by atoms with Crippen LogP contribution in [-0.2, 0) is 0 Å². The Hall–Kier alpha value is -1.32. The minimum Gasteiger partial charge on any atom is -0.456 e. The average molecular weight is 349 g/mol. The first kappa shape index (κ1) is 16.1. The molecule has 0 aliphatic carbocycles. The third kappa shape index (κ3) is 3.86. The summed E-state index contributed by atoms with van der Waals surface area (Å²) in [7, 11) is 0. The Balaban J connectivity index is 2.24. The van der Waals surface area contributed by atoms with Gasteiger partial charge in [-0.1, -0.05) is 26.0 Å². The number of benzene rings is 2. The fourth-order valence-electron chi connectivity index (χ4n) is 2.35. The van der Waals surface area contributed by atoms with Crippen molar-refractivity contribution in [3.63, 3.8) is 0 Å². The standard InChI is InChI=1S/C18H21BrO2/c1-11(2)16-7-6-15(9-12(16)3)21-18-8-5-14(13(4)20)10-17(18)19/h5-11,13,20H,1-4H3/t13-/m1/s1. The van der Waals surface area contributed by atoms with Crippen LogP contribution < -0.4 is 4.74 Å². The van der Waals surface area contributed by atoms with Gasteiger partial charge in [0.2, 0.25) is 0 Å². The van der Waals surface area contributed by atoms with Gasteiger partial charge in [0.1, 0.15) is 11.5 Å². The van der Waals surface area contributed by atoms with Crippen molar-refractivity contribution in [3.8, 4) is 11.5 Å². The molecule has 0 heterocycles. The maximum atomic E-state index is 9.59. The van der Waals surface area contributed by atoms with E-state index < -0.39 is 6.10 Å². The van der Waals surface area contributed by atoms with Gasteiger partial charge in [0, 0.05) is 0 Å². The summed E-state index contributed by atoms with van der Waals surface area (Å²) in [6, 6.07) is 11.8. The molecule has 0 radical (unpaired) electrons. The lowest BCUT2D eigenvalue weighted by Gasteiger charge is -2.14. The van der Waals surface area contributed by atoms with E-state index in [1.807, 2.05) is 24.3 Å². The van der Waals surface area contributed by atoms with Crippen LogP contribution in [0.15, 0.2) is 40.9 Å². The summed E-state index contributed by atoms with van der Waals surface area (Å²) >= 11 is 3.49. The van der Waals surface area contributed by atoms with Gasteiger partial charge in [-0.25, -0.2) is 0 Å². The monoisotopic (exact) mass is 348 g/mol. The SMILES string of the molecule is Cc1cc(Oc2ccc([C@@H](C)O)cc2Br)ccc1C(C)C. The lowest BCUT2D eigenvalue weighted by atomic mass is 9.98. The molecule has 112 valence electrons. The highest BCUT2D eigenvalue weighted by atomic mass is 79.9. The summed E-state index contributed by atoms with van der Waals surface area (Å²) in [5.74, 6) is 2.08. The van der Waals surface area contributed by atoms with Crippen LogP contribution in [0.1, 0.15) is 49.5 Å². The summed E-state index contributed by atoms with van der Waals surface area (Å²) < 4.78 is 6.77. The van der Waals surface area contributed by atoms with E-state index in [0.717, 1.165) is 21.5 Å². The average Bonchev–Trinajstić information content (AvgIpc) is 2.40. The number of rotatable bonds is 4. The Morgan fingerprint density at radius 3 is 2.29 bits per heavy atom. The van der Waals surface area contributed by atoms with E-state index in [1.165, 1.54) is 11.1 Å². The van der Waals surface area contributed by atoms with Gasteiger partial charge < -0.3 is 9.84 Å². The summed E-state index contributed by atoms with van der Waals surface area (Å²) in [5, 5.41) is 9.59. The molecule has 0 fully saturated rings. The largest absolute Gasteiger partial charge is 0.456 e. The zero-order valence-electron chi connectivity index (χ0n) is 12.9. The van der Waals surface area contributed by atoms with Gasteiger partial charge in [0.15, 0.2) is 0 Å². The van der Waals surface area contributed by atoms with Crippen LogP contribution in [0, 0.1) is 6.92 Å². The molecule has 2 nitrogen and oxygen atoms in total. The Morgan fingerprint density at radius 2 is 1.76 bits per heavy atom. The highest BCUT2D eigenvalue weighted by Gasteiger charge is 2.09. The van der Waals surface area contributed by atoms with E-state index in [2.05, 4.69) is 48.8 Å². The Kier molecular flexibility index (Phi) is 5.07. The molecule has 0 saturated heterocycles. The van der Waals surface area contributed by atoms with Gasteiger partial charge >= 0.3 is 0 Å². The molecule has 3 heteroatoms. The lowest BCUT2D eigenvalue weighted by molar-refractivity contribution is 0.199. The number of ether oxygens (including phenoxy) is 1. The topological polar surface area (TPSA) is 29.5 Å². The maximum absolute atomic E-state index is 9.59. The molecule has 1 N–H and O–H groups in total. The smallest absolute Gasteiger partial charge is 0.141 e. The molecule has 0 bridgehead atoms. The Labute approximate surface area is 134 Å². The molecule has 0 aliphatic rings. The van der Waals surface area contributed by atoms with Crippen molar-refractivity contribution in [1.29, 1.82) is 0 Å². The zero-order chi connectivity index (χ0) is 15.6. The molecular weight excluding hydrogens is 328 g/mol. The second kappa shape index (κ2) is 6.63. The fraction of sp³-hybridized carbons (Fsp3) is 0.333. The fourth-order valence-corrected chi connectivity index (χ4v) is 2.82. The molecule has 0 spiro atoms. The van der Waals surface area contributed by atoms with Crippen LogP contribution in [0.2, 0.25) is 0 Å². The lowest BCUT2D eigenvalue weighted by Crippen LogP contribution is -1.94. The molecule has 0 aromatic heterocycles. The summed E-state index contributed by atoms with van der Waals surface area (Å²) in [6.45, 7) is 8.23. The van der Waals surface area contributed by atoms with E-state index in [1.54, 1.807) is 6.92 Å². The minimum atomic E-state index is -0.483. The quantitative estimate of drug-likeness (QED) is 0.764. The van der Waals surface area contributed by atoms with E-state index in [-0.39, 0.29) is 0 Å². The maximum Gasteiger partial charge on any atom is 0.141 e. The van der Waals surface area contributed by atoms with Crippen molar-refractivity contribution in [3.05, 3.63) is 57.6 Å². The molecule has 0 saturated carbocycles. The molecular formula is C18H21BrO2. The number of aryl methyl sites for hydroxylation is 1. The van der Waals surface area contributed by atoms with Gasteiger partial charge in [-0.15, -0.1) is 0 Å². The van der Waals surface area contributed by atoms with Crippen molar-refractivity contribution in [2.45, 2.75) is 39.7 Å². The van der Waals surface area contributed by atoms with E-state index >= 15 is 0 Å². The summed E-state index contributed by atoms with van der Waals surface area (Å²) in [5.41, 5.74) is 3.44. The molecule has 0 aliphatic heterocycles. The number of halogens is 1. The van der Waals surface area contributed by atoms with Crippen molar-refractivity contribution in [2.24, 2.45) is 0 Å². The highest BCUT2D eigenvalue weighted by Crippen LogP contribution is 2.33. The Morgan fingerprint density at radius 1 is 1.05 bits per heavy atom. The zero-order valence-corrected chi connectivity index (χ0v) is 14.4. The molecule has 0 amide bonds.